The Morgan fingerprint density at radius 2 is 1.92 bits per heavy atom. The van der Waals surface area contributed by atoms with Crippen LogP contribution >= 0.6 is 0 Å². The van der Waals surface area contributed by atoms with Gasteiger partial charge in [-0.3, -0.25) is 0 Å². The number of nitrogens with zero attached hydrogens (tertiary/aromatic N) is 2. The number of carbonyl (C=O) groups excluding carboxylic acids is 1. The minimum Gasteiger partial charge on any atom is -0.376 e. The van der Waals surface area contributed by atoms with Crippen LogP contribution in [0.25, 0.3) is 0 Å². The predicted molar refractivity (Wildman–Crippen MR) is 94.9 cm³/mol. The molecule has 1 saturated heterocycles. The van der Waals surface area contributed by atoms with E-state index in [0.29, 0.717) is 31.5 Å². The number of hydrogen-bond donors (Lipinski definition) is 1. The maximum absolute atomic E-state index is 13.6. The Kier molecular flexibility index (Phi) is 5.77. The van der Waals surface area contributed by atoms with Gasteiger partial charge in [-0.1, -0.05) is 0 Å². The summed E-state index contributed by atoms with van der Waals surface area (Å²) in [5.41, 5.74) is -0.166. The lowest BCUT2D eigenvalue weighted by Crippen LogP contribution is -2.49. The molecule has 2 amide bonds. The Morgan fingerprint density at radius 3 is 2.46 bits per heavy atom. The lowest BCUT2D eigenvalue weighted by Gasteiger charge is -2.29. The molecule has 26 heavy (non-hydrogen) atoms. The minimum atomic E-state index is -0.660. The third-order valence-electron chi connectivity index (χ3n) is 5.06. The quantitative estimate of drug-likeness (QED) is 0.806. The minimum absolute atomic E-state index is 0.0599. The van der Waals surface area contributed by atoms with Crippen LogP contribution in [0.15, 0.2) is 18.2 Å². The molecule has 1 aliphatic carbocycles. The number of nitrogens with one attached hydrogen (secondary N) is 1. The Labute approximate surface area is 153 Å². The highest BCUT2D eigenvalue weighted by molar-refractivity contribution is 5.76. The van der Waals surface area contributed by atoms with Gasteiger partial charge in [-0.2, -0.15) is 0 Å². The van der Waals surface area contributed by atoms with Gasteiger partial charge in [0.15, 0.2) is 0 Å². The van der Waals surface area contributed by atoms with Crippen molar-refractivity contribution in [1.82, 2.24) is 15.1 Å². The molecule has 1 N–H and O–H groups in total. The van der Waals surface area contributed by atoms with Crippen molar-refractivity contribution in [2.45, 2.75) is 37.3 Å². The van der Waals surface area contributed by atoms with Crippen molar-refractivity contribution >= 4 is 6.03 Å². The van der Waals surface area contributed by atoms with E-state index in [9.17, 15) is 13.6 Å². The van der Waals surface area contributed by atoms with Crippen molar-refractivity contribution in [1.29, 1.82) is 0 Å². The molecule has 0 aromatic heterocycles. The molecule has 0 bridgehead atoms. The topological polar surface area (TPSA) is 44.8 Å². The zero-order chi connectivity index (χ0) is 18.7. The van der Waals surface area contributed by atoms with Crippen LogP contribution < -0.4 is 5.32 Å². The van der Waals surface area contributed by atoms with Crippen LogP contribution in [0.5, 0.6) is 0 Å². The number of benzene rings is 1. The number of likely N-dealkylation sites (N-methyl/N-ethyl adjacent to an activating group) is 1. The molecule has 0 radical (unpaired) electrons. The van der Waals surface area contributed by atoms with Gasteiger partial charge in [-0.25, -0.2) is 13.6 Å². The normalized spacial score (nSPS) is 21.0. The number of hydrogen-bond acceptors (Lipinski definition) is 3. The van der Waals surface area contributed by atoms with Crippen molar-refractivity contribution in [2.75, 3.05) is 40.3 Å². The van der Waals surface area contributed by atoms with Crippen molar-refractivity contribution in [3.05, 3.63) is 35.4 Å². The molecule has 1 aliphatic heterocycles. The van der Waals surface area contributed by atoms with Gasteiger partial charge < -0.3 is 19.9 Å². The summed E-state index contributed by atoms with van der Waals surface area (Å²) in [7, 11) is 3.92. The Hall–Kier alpha value is -1.73. The molecule has 2 fully saturated rings. The molecule has 3 rings (SSSR count). The molecule has 1 aromatic carbocycles. The van der Waals surface area contributed by atoms with Gasteiger partial charge in [0.25, 0.3) is 0 Å². The van der Waals surface area contributed by atoms with E-state index in [0.717, 1.165) is 32.1 Å². The maximum atomic E-state index is 13.6. The van der Waals surface area contributed by atoms with Crippen LogP contribution in [0.2, 0.25) is 0 Å². The van der Waals surface area contributed by atoms with Crippen molar-refractivity contribution in [3.63, 3.8) is 0 Å². The molecule has 1 saturated carbocycles. The third kappa shape index (κ3) is 4.71. The smallest absolute Gasteiger partial charge is 0.318 e. The molecule has 1 aromatic rings. The number of ether oxygens (including phenoxy) is 1. The number of carbonyl (C=O) groups is 1. The highest BCUT2D eigenvalue weighted by Gasteiger charge is 2.47. The largest absolute Gasteiger partial charge is 0.376 e. The molecule has 2 aliphatic rings. The van der Waals surface area contributed by atoms with Gasteiger partial charge in [0.1, 0.15) is 11.6 Å². The summed E-state index contributed by atoms with van der Waals surface area (Å²) in [6, 6.07) is 3.26. The van der Waals surface area contributed by atoms with Crippen LogP contribution in [0.4, 0.5) is 13.6 Å². The van der Waals surface area contributed by atoms with Crippen molar-refractivity contribution in [2.24, 2.45) is 0 Å². The summed E-state index contributed by atoms with van der Waals surface area (Å²) in [4.78, 5) is 16.7. The van der Waals surface area contributed by atoms with Crippen molar-refractivity contribution < 1.29 is 18.3 Å². The lowest BCUT2D eigenvalue weighted by molar-refractivity contribution is 0.0788. The van der Waals surface area contributed by atoms with E-state index in [1.54, 1.807) is 4.90 Å². The van der Waals surface area contributed by atoms with E-state index >= 15 is 0 Å². The standard InChI is InChI=1S/C19H27F2N3O2/c1-23(2)7-8-24(13-17-4-3-9-26-17)18(25)22-19(5-6-19)14-10-15(20)12-16(21)11-14/h10-12,17H,3-9,13H2,1-2H3,(H,22,25). The third-order valence-corrected chi connectivity index (χ3v) is 5.06. The predicted octanol–water partition coefficient (Wildman–Crippen LogP) is 2.71. The van der Waals surface area contributed by atoms with Crippen LogP contribution in [0, 0.1) is 11.6 Å². The summed E-state index contributed by atoms with van der Waals surface area (Å²) >= 11 is 0. The van der Waals surface area contributed by atoms with Gasteiger partial charge in [0.2, 0.25) is 0 Å². The second-order valence-electron chi connectivity index (χ2n) is 7.55. The molecular weight excluding hydrogens is 340 g/mol. The zero-order valence-electron chi connectivity index (χ0n) is 15.4. The van der Waals surface area contributed by atoms with Crippen LogP contribution in [0.1, 0.15) is 31.2 Å². The summed E-state index contributed by atoms with van der Waals surface area (Å²) in [5, 5.41) is 3.02. The molecule has 1 unspecified atom stereocenters. The first-order valence-electron chi connectivity index (χ1n) is 9.18. The molecule has 144 valence electrons. The Balaban J connectivity index is 1.69. The first-order valence-corrected chi connectivity index (χ1v) is 9.18. The number of rotatable bonds is 7. The molecule has 5 nitrogen and oxygen atoms in total. The van der Waals surface area contributed by atoms with Gasteiger partial charge in [-0.05, 0) is 57.5 Å². The second-order valence-corrected chi connectivity index (χ2v) is 7.55. The monoisotopic (exact) mass is 367 g/mol. The Bertz CT molecular complexity index is 623. The zero-order valence-corrected chi connectivity index (χ0v) is 15.4. The number of amides is 2. The molecule has 7 heteroatoms. The fourth-order valence-electron chi connectivity index (χ4n) is 3.36. The summed E-state index contributed by atoms with van der Waals surface area (Å²) < 4.78 is 32.8. The van der Waals surface area contributed by atoms with Crippen LogP contribution in [0.3, 0.4) is 0 Å². The van der Waals surface area contributed by atoms with Gasteiger partial charge in [0, 0.05) is 32.3 Å². The van der Waals surface area contributed by atoms with Crippen molar-refractivity contribution in [3.8, 4) is 0 Å². The molecule has 1 atom stereocenters. The highest BCUT2D eigenvalue weighted by atomic mass is 19.1. The first kappa shape index (κ1) is 19.0. The summed E-state index contributed by atoms with van der Waals surface area (Å²) in [6.07, 6.45) is 3.39. The van der Waals surface area contributed by atoms with Gasteiger partial charge in [0.05, 0.1) is 11.6 Å². The van der Waals surface area contributed by atoms with Crippen LogP contribution in [-0.2, 0) is 10.3 Å². The fraction of sp³-hybridized carbons (Fsp3) is 0.632. The maximum Gasteiger partial charge on any atom is 0.318 e. The molecule has 0 spiro atoms. The van der Waals surface area contributed by atoms with E-state index in [4.69, 9.17) is 4.74 Å². The lowest BCUT2D eigenvalue weighted by atomic mass is 10.0. The average molecular weight is 367 g/mol. The average Bonchev–Trinajstić information content (AvgIpc) is 3.16. The van der Waals surface area contributed by atoms with E-state index in [2.05, 4.69) is 5.32 Å². The van der Waals surface area contributed by atoms with Crippen LogP contribution in [-0.4, -0.2) is 62.3 Å². The fourth-order valence-corrected chi connectivity index (χ4v) is 3.36. The van der Waals surface area contributed by atoms with E-state index in [1.807, 2.05) is 19.0 Å². The van der Waals surface area contributed by atoms with Gasteiger partial charge in [-0.15, -0.1) is 0 Å². The number of urea groups is 1. The SMILES string of the molecule is CN(C)CCN(CC1CCCO1)C(=O)NC1(c2cc(F)cc(F)c2)CC1. The first-order chi connectivity index (χ1) is 12.4. The highest BCUT2D eigenvalue weighted by Crippen LogP contribution is 2.46. The van der Waals surface area contributed by atoms with E-state index < -0.39 is 17.2 Å². The molecular formula is C19H27F2N3O2. The van der Waals surface area contributed by atoms with Gasteiger partial charge >= 0.3 is 6.03 Å². The second kappa shape index (κ2) is 7.88. The summed E-state index contributed by atoms with van der Waals surface area (Å²) in [6.45, 7) is 2.58. The molecule has 1 heterocycles. The Morgan fingerprint density at radius 1 is 1.23 bits per heavy atom. The number of halogens is 2. The summed E-state index contributed by atoms with van der Waals surface area (Å²) in [5.74, 6) is -1.24. The van der Waals surface area contributed by atoms with E-state index in [-0.39, 0.29) is 12.1 Å². The van der Waals surface area contributed by atoms with E-state index in [1.165, 1.54) is 12.1 Å².